The van der Waals surface area contributed by atoms with Crippen LogP contribution in [0.15, 0.2) is 18.2 Å². The third-order valence-electron chi connectivity index (χ3n) is 2.54. The van der Waals surface area contributed by atoms with Crippen LogP contribution < -0.4 is 16.0 Å². The number of nitrogens with one attached hydrogen (secondary N) is 1. The summed E-state index contributed by atoms with van der Waals surface area (Å²) in [5.41, 5.74) is 3.73. The second kappa shape index (κ2) is 7.13. The number of aryl methyl sites for hydroxylation is 1. The first kappa shape index (κ1) is 17.8. The van der Waals surface area contributed by atoms with Crippen molar-refractivity contribution < 1.29 is 13.5 Å². The number of halogens is 5. The number of hydrogen-bond acceptors (Lipinski definition) is 4. The molecular weight excluding hydrogens is 349 g/mol. The number of rotatable bonds is 4. The molecule has 0 unspecified atom stereocenters. The van der Waals surface area contributed by atoms with Crippen LogP contribution in [0.25, 0.3) is 11.3 Å². The van der Waals surface area contributed by atoms with Crippen molar-refractivity contribution in [1.29, 1.82) is 0 Å². The molecule has 5 nitrogen and oxygen atoms in total. The summed E-state index contributed by atoms with van der Waals surface area (Å²) in [4.78, 5) is 0. The average molecular weight is 360 g/mol. The van der Waals surface area contributed by atoms with Crippen molar-refractivity contribution in [2.75, 3.05) is 5.43 Å². The van der Waals surface area contributed by atoms with Gasteiger partial charge in [0.05, 0.1) is 10.7 Å². The van der Waals surface area contributed by atoms with Crippen LogP contribution in [0.1, 0.15) is 0 Å². The summed E-state index contributed by atoms with van der Waals surface area (Å²) in [5, 5.41) is 4.45. The lowest BCUT2D eigenvalue weighted by atomic mass is 10.1. The number of hydrazine groups is 1. The highest BCUT2D eigenvalue weighted by molar-refractivity contribution is 6.35. The Kier molecular flexibility index (Phi) is 6.03. The summed E-state index contributed by atoms with van der Waals surface area (Å²) in [6, 6.07) is 4.83. The normalized spacial score (nSPS) is 10.4. The van der Waals surface area contributed by atoms with Crippen molar-refractivity contribution in [3.05, 3.63) is 28.2 Å². The fourth-order valence-corrected chi connectivity index (χ4v) is 2.15. The van der Waals surface area contributed by atoms with Gasteiger partial charge in [0.15, 0.2) is 0 Å². The summed E-state index contributed by atoms with van der Waals surface area (Å²) in [7, 11) is 1.45. The summed E-state index contributed by atoms with van der Waals surface area (Å²) in [6.45, 7) is -2.98. The van der Waals surface area contributed by atoms with Gasteiger partial charge in [-0.3, -0.25) is 5.84 Å². The maximum absolute atomic E-state index is 12.3. The average Bonchev–Trinajstić information content (AvgIpc) is 2.67. The zero-order valence-electron chi connectivity index (χ0n) is 10.6. The topological polar surface area (TPSA) is 65.1 Å². The van der Waals surface area contributed by atoms with Gasteiger partial charge in [-0.1, -0.05) is 29.3 Å². The van der Waals surface area contributed by atoms with Crippen LogP contribution in [0.2, 0.25) is 10.0 Å². The van der Waals surface area contributed by atoms with Gasteiger partial charge >= 0.3 is 6.61 Å². The van der Waals surface area contributed by atoms with Gasteiger partial charge in [-0.2, -0.15) is 13.9 Å². The molecule has 2 rings (SSSR count). The third-order valence-corrected chi connectivity index (χ3v) is 3.21. The first-order valence-electron chi connectivity index (χ1n) is 5.38. The number of benzene rings is 1. The number of nitrogen functional groups attached to an aromatic ring is 1. The number of hydrogen-bond donors (Lipinski definition) is 2. The molecule has 0 spiro atoms. The van der Waals surface area contributed by atoms with Crippen molar-refractivity contribution >= 4 is 41.3 Å². The van der Waals surface area contributed by atoms with E-state index in [-0.39, 0.29) is 29.0 Å². The molecule has 0 bridgehead atoms. The van der Waals surface area contributed by atoms with Crippen molar-refractivity contribution in [2.45, 2.75) is 6.61 Å². The molecule has 0 saturated carbocycles. The molecule has 1 aromatic carbocycles. The Labute approximate surface area is 135 Å². The highest BCUT2D eigenvalue weighted by Gasteiger charge is 2.20. The minimum absolute atomic E-state index is 0. The van der Waals surface area contributed by atoms with Gasteiger partial charge in [0.25, 0.3) is 0 Å². The van der Waals surface area contributed by atoms with E-state index in [0.717, 1.165) is 4.68 Å². The van der Waals surface area contributed by atoms with E-state index in [2.05, 4.69) is 15.3 Å². The summed E-state index contributed by atoms with van der Waals surface area (Å²) < 4.78 is 30.1. The molecule has 10 heteroatoms. The molecule has 3 N–H and O–H groups in total. The Hall–Kier alpha value is -1.28. The molecule has 0 atom stereocenters. The number of ether oxygens (including phenoxy) is 1. The quantitative estimate of drug-likeness (QED) is 0.645. The Balaban J connectivity index is 0.00000220. The van der Waals surface area contributed by atoms with Crippen LogP contribution >= 0.6 is 35.6 Å². The summed E-state index contributed by atoms with van der Waals surface area (Å²) in [5.74, 6) is 5.11. The van der Waals surface area contributed by atoms with E-state index in [4.69, 9.17) is 29.0 Å². The molecule has 2 aromatic rings. The number of alkyl halides is 2. The van der Waals surface area contributed by atoms with E-state index in [0.29, 0.717) is 16.3 Å². The van der Waals surface area contributed by atoms with Crippen molar-refractivity contribution in [2.24, 2.45) is 12.9 Å². The van der Waals surface area contributed by atoms with E-state index in [1.165, 1.54) is 7.05 Å². The minimum Gasteiger partial charge on any atom is -0.416 e. The molecule has 0 fully saturated rings. The van der Waals surface area contributed by atoms with Crippen LogP contribution in [0, 0.1) is 0 Å². The maximum Gasteiger partial charge on any atom is 0.388 e. The lowest BCUT2D eigenvalue weighted by Crippen LogP contribution is -2.07. The predicted molar refractivity (Wildman–Crippen MR) is 80.4 cm³/mol. The van der Waals surface area contributed by atoms with Crippen molar-refractivity contribution in [1.82, 2.24) is 9.78 Å². The van der Waals surface area contributed by atoms with E-state index in [1.54, 1.807) is 18.2 Å². The minimum atomic E-state index is -2.98. The van der Waals surface area contributed by atoms with E-state index >= 15 is 0 Å². The number of nitrogens with two attached hydrogens (primary N) is 1. The number of aromatic nitrogens is 2. The third kappa shape index (κ3) is 3.68. The fraction of sp³-hybridized carbons (Fsp3) is 0.182. The SMILES string of the molecule is Cl.Cn1nc(-c2ccc(Cl)c(NN)c2)c(Cl)c1OC(F)F. The molecule has 21 heavy (non-hydrogen) atoms. The molecule has 0 amide bonds. The summed E-state index contributed by atoms with van der Waals surface area (Å²) in [6.07, 6.45) is 0. The molecule has 0 aliphatic heterocycles. The molecule has 0 aliphatic carbocycles. The predicted octanol–water partition coefficient (Wildman–Crippen LogP) is 3.70. The maximum atomic E-state index is 12.3. The molecule has 116 valence electrons. The highest BCUT2D eigenvalue weighted by Crippen LogP contribution is 2.37. The van der Waals surface area contributed by atoms with Crippen LogP contribution in [0.5, 0.6) is 5.88 Å². The van der Waals surface area contributed by atoms with E-state index in [1.807, 2.05) is 0 Å². The van der Waals surface area contributed by atoms with Crippen LogP contribution in [0.3, 0.4) is 0 Å². The van der Waals surface area contributed by atoms with Crippen LogP contribution in [0.4, 0.5) is 14.5 Å². The largest absolute Gasteiger partial charge is 0.416 e. The molecule has 0 saturated heterocycles. The Morgan fingerprint density at radius 3 is 2.62 bits per heavy atom. The number of anilines is 1. The van der Waals surface area contributed by atoms with Gasteiger partial charge in [0.2, 0.25) is 5.88 Å². The van der Waals surface area contributed by atoms with Gasteiger partial charge in [-0.15, -0.1) is 12.4 Å². The lowest BCUT2D eigenvalue weighted by Gasteiger charge is -2.05. The lowest BCUT2D eigenvalue weighted by molar-refractivity contribution is -0.0552. The Morgan fingerprint density at radius 1 is 1.38 bits per heavy atom. The van der Waals surface area contributed by atoms with Gasteiger partial charge in [-0.25, -0.2) is 4.68 Å². The van der Waals surface area contributed by atoms with E-state index < -0.39 is 6.61 Å². The zero-order chi connectivity index (χ0) is 14.9. The molecule has 1 aromatic heterocycles. The molecule has 1 heterocycles. The Bertz CT molecular complexity index is 636. The molecule has 0 aliphatic rings. The van der Waals surface area contributed by atoms with Gasteiger partial charge in [0.1, 0.15) is 10.7 Å². The van der Waals surface area contributed by atoms with Gasteiger partial charge < -0.3 is 10.2 Å². The van der Waals surface area contributed by atoms with Crippen molar-refractivity contribution in [3.8, 4) is 17.1 Å². The second-order valence-corrected chi connectivity index (χ2v) is 4.59. The highest BCUT2D eigenvalue weighted by atomic mass is 35.5. The number of nitrogens with zero attached hydrogens (tertiary/aromatic N) is 2. The first-order chi connectivity index (χ1) is 9.43. The zero-order valence-corrected chi connectivity index (χ0v) is 12.9. The van der Waals surface area contributed by atoms with Crippen LogP contribution in [-0.4, -0.2) is 16.4 Å². The van der Waals surface area contributed by atoms with E-state index in [9.17, 15) is 8.78 Å². The fourth-order valence-electron chi connectivity index (χ4n) is 1.66. The monoisotopic (exact) mass is 358 g/mol. The Morgan fingerprint density at radius 2 is 2.05 bits per heavy atom. The van der Waals surface area contributed by atoms with Gasteiger partial charge in [0, 0.05) is 12.6 Å². The van der Waals surface area contributed by atoms with Crippen LogP contribution in [-0.2, 0) is 7.05 Å². The smallest absolute Gasteiger partial charge is 0.388 e. The standard InChI is InChI=1S/C11H10Cl2F2N4O.ClH/c1-19-10(20-11(14)15)8(13)9(18-19)5-2-3-6(12)7(4-5)17-16;/h2-4,11,17H,16H2,1H3;1H. The first-order valence-corrected chi connectivity index (χ1v) is 6.13. The molecule has 0 radical (unpaired) electrons. The molecular formula is C11H11Cl3F2N4O. The summed E-state index contributed by atoms with van der Waals surface area (Å²) >= 11 is 11.9. The second-order valence-electron chi connectivity index (χ2n) is 3.81. The van der Waals surface area contributed by atoms with Gasteiger partial charge in [-0.05, 0) is 12.1 Å². The van der Waals surface area contributed by atoms with Crippen molar-refractivity contribution in [3.63, 3.8) is 0 Å².